The molecule has 0 radical (unpaired) electrons. The molecule has 0 saturated heterocycles. The first-order valence-electron chi connectivity index (χ1n) is 5.67. The van der Waals surface area contributed by atoms with Gasteiger partial charge in [0.1, 0.15) is 4.90 Å². The van der Waals surface area contributed by atoms with E-state index in [4.69, 9.17) is 16.3 Å². The predicted octanol–water partition coefficient (Wildman–Crippen LogP) is 1.53. The average molecular weight is 291 g/mol. The van der Waals surface area contributed by atoms with Crippen LogP contribution < -0.4 is 0 Å². The average Bonchev–Trinajstić information content (AvgIpc) is 3.14. The Morgan fingerprint density at radius 3 is 2.83 bits per heavy atom. The van der Waals surface area contributed by atoms with E-state index in [2.05, 4.69) is 4.98 Å². The molecule has 1 fully saturated rings. The van der Waals surface area contributed by atoms with E-state index in [0.29, 0.717) is 13.2 Å². The number of ether oxygens (including phenoxy) is 1. The molecule has 1 aliphatic carbocycles. The molecule has 2 rings (SSSR count). The van der Waals surface area contributed by atoms with Crippen LogP contribution in [0.3, 0.4) is 0 Å². The number of sulfonamides is 1. The van der Waals surface area contributed by atoms with E-state index in [-0.39, 0.29) is 16.0 Å². The monoisotopic (exact) mass is 290 g/mol. The van der Waals surface area contributed by atoms with E-state index in [9.17, 15) is 8.42 Å². The van der Waals surface area contributed by atoms with Gasteiger partial charge in [-0.3, -0.25) is 4.98 Å². The first-order valence-corrected chi connectivity index (χ1v) is 7.49. The van der Waals surface area contributed by atoms with Crippen molar-refractivity contribution >= 4 is 21.6 Å². The second kappa shape index (κ2) is 5.52. The summed E-state index contributed by atoms with van der Waals surface area (Å²) < 4.78 is 31.4. The van der Waals surface area contributed by atoms with Gasteiger partial charge in [0, 0.05) is 32.1 Å². The fourth-order valence-corrected chi connectivity index (χ4v) is 3.80. The highest BCUT2D eigenvalue weighted by atomic mass is 35.5. The summed E-state index contributed by atoms with van der Waals surface area (Å²) in [7, 11) is -2.03. The number of rotatable bonds is 6. The highest BCUT2D eigenvalue weighted by Gasteiger charge is 2.38. The zero-order chi connectivity index (χ0) is 13.2. The molecule has 0 atom stereocenters. The van der Waals surface area contributed by atoms with Gasteiger partial charge < -0.3 is 4.74 Å². The van der Waals surface area contributed by atoms with Crippen molar-refractivity contribution in [1.29, 1.82) is 0 Å². The molecule has 1 aliphatic rings. The molecule has 7 heteroatoms. The van der Waals surface area contributed by atoms with Crippen LogP contribution in [0.1, 0.15) is 12.8 Å². The van der Waals surface area contributed by atoms with Gasteiger partial charge in [-0.2, -0.15) is 4.31 Å². The molecule has 5 nitrogen and oxygen atoms in total. The largest absolute Gasteiger partial charge is 0.383 e. The predicted molar refractivity (Wildman–Crippen MR) is 68.0 cm³/mol. The van der Waals surface area contributed by atoms with Crippen LogP contribution in [0.5, 0.6) is 0 Å². The number of nitrogens with zero attached hydrogens (tertiary/aromatic N) is 2. The maximum Gasteiger partial charge on any atom is 0.246 e. The van der Waals surface area contributed by atoms with Crippen molar-refractivity contribution in [2.45, 2.75) is 23.8 Å². The summed E-state index contributed by atoms with van der Waals surface area (Å²) in [4.78, 5) is 3.90. The number of aromatic nitrogens is 1. The third kappa shape index (κ3) is 2.83. The lowest BCUT2D eigenvalue weighted by Gasteiger charge is -2.21. The van der Waals surface area contributed by atoms with Crippen molar-refractivity contribution in [2.75, 3.05) is 20.3 Å². The number of hydrogen-bond donors (Lipinski definition) is 0. The first kappa shape index (κ1) is 13.7. The standard InChI is InChI=1S/C11H15ClN2O3S/c1-17-7-6-14(9-2-3-9)18(15,16)11-8-13-5-4-10(11)12/h4-5,8-9H,2-3,6-7H2,1H3. The Bertz CT molecular complexity index is 517. The van der Waals surface area contributed by atoms with Gasteiger partial charge >= 0.3 is 0 Å². The first-order chi connectivity index (χ1) is 8.57. The van der Waals surface area contributed by atoms with Crippen LogP contribution in [-0.4, -0.2) is 44.0 Å². The quantitative estimate of drug-likeness (QED) is 0.797. The van der Waals surface area contributed by atoms with Gasteiger partial charge in [0.05, 0.1) is 11.6 Å². The van der Waals surface area contributed by atoms with Crippen LogP contribution in [0.15, 0.2) is 23.4 Å². The molecule has 1 heterocycles. The molecular weight excluding hydrogens is 276 g/mol. The number of pyridine rings is 1. The van der Waals surface area contributed by atoms with Crippen LogP contribution in [0.2, 0.25) is 5.02 Å². The zero-order valence-corrected chi connectivity index (χ0v) is 11.6. The highest BCUT2D eigenvalue weighted by molar-refractivity contribution is 7.89. The summed E-state index contributed by atoms with van der Waals surface area (Å²) in [6.07, 6.45) is 4.54. The summed E-state index contributed by atoms with van der Waals surface area (Å²) in [6.45, 7) is 0.711. The van der Waals surface area contributed by atoms with Crippen LogP contribution in [0, 0.1) is 0 Å². The van der Waals surface area contributed by atoms with E-state index < -0.39 is 10.0 Å². The van der Waals surface area contributed by atoms with Crippen molar-refractivity contribution in [3.8, 4) is 0 Å². The summed E-state index contributed by atoms with van der Waals surface area (Å²) in [6, 6.07) is 1.55. The Labute approximate surface area is 112 Å². The summed E-state index contributed by atoms with van der Waals surface area (Å²) >= 11 is 5.93. The molecular formula is C11H15ClN2O3S. The van der Waals surface area contributed by atoms with Gasteiger partial charge in [0.2, 0.25) is 10.0 Å². The molecule has 1 aromatic heterocycles. The third-order valence-electron chi connectivity index (χ3n) is 2.79. The topological polar surface area (TPSA) is 59.5 Å². The molecule has 18 heavy (non-hydrogen) atoms. The summed E-state index contributed by atoms with van der Waals surface area (Å²) in [5.74, 6) is 0. The number of hydrogen-bond acceptors (Lipinski definition) is 4. The van der Waals surface area contributed by atoms with Gasteiger partial charge in [-0.05, 0) is 18.9 Å². The van der Waals surface area contributed by atoms with Gasteiger partial charge in [0.15, 0.2) is 0 Å². The molecule has 0 aliphatic heterocycles. The van der Waals surface area contributed by atoms with E-state index in [1.807, 2.05) is 0 Å². The molecule has 0 N–H and O–H groups in total. The summed E-state index contributed by atoms with van der Waals surface area (Å²) in [5, 5.41) is 0.202. The molecule has 0 aromatic carbocycles. The third-order valence-corrected chi connectivity index (χ3v) is 5.21. The molecule has 1 aromatic rings. The van der Waals surface area contributed by atoms with Crippen molar-refractivity contribution in [2.24, 2.45) is 0 Å². The lowest BCUT2D eigenvalue weighted by atomic mass is 10.5. The Morgan fingerprint density at radius 2 is 2.28 bits per heavy atom. The minimum atomic E-state index is -3.58. The Hall–Kier alpha value is -0.690. The zero-order valence-electron chi connectivity index (χ0n) is 10.0. The van der Waals surface area contributed by atoms with Gasteiger partial charge in [0.25, 0.3) is 0 Å². The molecule has 0 unspecified atom stereocenters. The van der Waals surface area contributed by atoms with Gasteiger partial charge in [-0.15, -0.1) is 0 Å². The molecule has 1 saturated carbocycles. The minimum Gasteiger partial charge on any atom is -0.383 e. The SMILES string of the molecule is COCCN(C1CC1)S(=O)(=O)c1cnccc1Cl. The van der Waals surface area contributed by atoms with E-state index >= 15 is 0 Å². The summed E-state index contributed by atoms with van der Waals surface area (Å²) in [5.41, 5.74) is 0. The lowest BCUT2D eigenvalue weighted by molar-refractivity contribution is 0.177. The normalized spacial score (nSPS) is 16.2. The highest BCUT2D eigenvalue weighted by Crippen LogP contribution is 2.33. The van der Waals surface area contributed by atoms with Crippen molar-refractivity contribution in [3.63, 3.8) is 0 Å². The van der Waals surface area contributed by atoms with Crippen molar-refractivity contribution in [1.82, 2.24) is 9.29 Å². The van der Waals surface area contributed by atoms with Crippen LogP contribution in [-0.2, 0) is 14.8 Å². The van der Waals surface area contributed by atoms with Crippen molar-refractivity contribution < 1.29 is 13.2 Å². The maximum atomic E-state index is 12.5. The number of halogens is 1. The molecule has 0 amide bonds. The molecule has 0 spiro atoms. The fourth-order valence-electron chi connectivity index (χ4n) is 1.72. The molecule has 0 bridgehead atoms. The maximum absolute atomic E-state index is 12.5. The molecule has 100 valence electrons. The minimum absolute atomic E-state index is 0.0645. The van der Waals surface area contributed by atoms with E-state index in [1.54, 1.807) is 7.11 Å². The van der Waals surface area contributed by atoms with Crippen LogP contribution in [0.4, 0.5) is 0 Å². The lowest BCUT2D eigenvalue weighted by Crippen LogP contribution is -2.36. The fraction of sp³-hybridized carbons (Fsp3) is 0.545. The van der Waals surface area contributed by atoms with Crippen molar-refractivity contribution in [3.05, 3.63) is 23.5 Å². The number of methoxy groups -OCH3 is 1. The van der Waals surface area contributed by atoms with Gasteiger partial charge in [-0.1, -0.05) is 11.6 Å². The Morgan fingerprint density at radius 1 is 1.56 bits per heavy atom. The van der Waals surface area contributed by atoms with Crippen LogP contribution >= 0.6 is 11.6 Å². The second-order valence-electron chi connectivity index (χ2n) is 4.15. The Kier molecular flexibility index (Phi) is 4.21. The van der Waals surface area contributed by atoms with Gasteiger partial charge in [-0.25, -0.2) is 8.42 Å². The second-order valence-corrected chi connectivity index (χ2v) is 6.41. The van der Waals surface area contributed by atoms with E-state index in [1.165, 1.54) is 22.8 Å². The Balaban J connectivity index is 2.30. The van der Waals surface area contributed by atoms with Crippen LogP contribution in [0.25, 0.3) is 0 Å². The van der Waals surface area contributed by atoms with E-state index in [0.717, 1.165) is 12.8 Å². The smallest absolute Gasteiger partial charge is 0.246 e.